The van der Waals surface area contributed by atoms with Gasteiger partial charge in [0, 0.05) is 13.1 Å². The normalized spacial score (nSPS) is 32.0. The van der Waals surface area contributed by atoms with Crippen molar-refractivity contribution in [1.29, 1.82) is 0 Å². The maximum atomic E-state index is 8.90. The van der Waals surface area contributed by atoms with Gasteiger partial charge >= 0.3 is 0 Å². The molecule has 1 aliphatic rings. The lowest BCUT2D eigenvalue weighted by molar-refractivity contribution is -0.0349. The van der Waals surface area contributed by atoms with Gasteiger partial charge in [0.1, 0.15) is 0 Å². The van der Waals surface area contributed by atoms with Crippen LogP contribution < -0.4 is 5.32 Å². The first-order valence-corrected chi connectivity index (χ1v) is 3.14. The van der Waals surface area contributed by atoms with Crippen LogP contribution in [-0.2, 0) is 4.74 Å². The molecule has 0 spiro atoms. The first kappa shape index (κ1) is 6.99. The lowest BCUT2D eigenvalue weighted by Crippen LogP contribution is -2.44. The molecule has 9 heavy (non-hydrogen) atoms. The van der Waals surface area contributed by atoms with Gasteiger partial charge in [0.25, 0.3) is 0 Å². The van der Waals surface area contributed by atoms with Gasteiger partial charge < -0.3 is 15.2 Å². The molecule has 1 radical (unpaired) electrons. The Balaban J connectivity index is 2.23. The van der Waals surface area contributed by atoms with Crippen LogP contribution in [0.4, 0.5) is 0 Å². The third-order valence-electron chi connectivity index (χ3n) is 1.39. The van der Waals surface area contributed by atoms with E-state index < -0.39 is 6.10 Å². The van der Waals surface area contributed by atoms with E-state index in [-0.39, 0.29) is 6.10 Å². The Bertz CT molecular complexity index is 79.1. The second-order valence-corrected chi connectivity index (χ2v) is 2.18. The van der Waals surface area contributed by atoms with Crippen LogP contribution >= 0.6 is 0 Å². The van der Waals surface area contributed by atoms with Gasteiger partial charge in [-0.15, -0.1) is 0 Å². The minimum Gasteiger partial charge on any atom is -0.390 e. The fraction of sp³-hybridized carbons (Fsp3) is 0.833. The van der Waals surface area contributed by atoms with E-state index in [9.17, 15) is 0 Å². The Morgan fingerprint density at radius 3 is 2.89 bits per heavy atom. The summed E-state index contributed by atoms with van der Waals surface area (Å²) < 4.78 is 5.16. The molecule has 1 rings (SSSR count). The fourth-order valence-corrected chi connectivity index (χ4v) is 0.833. The van der Waals surface area contributed by atoms with Crippen molar-refractivity contribution in [3.63, 3.8) is 0 Å². The summed E-state index contributed by atoms with van der Waals surface area (Å²) in [7, 11) is 0. The van der Waals surface area contributed by atoms with Crippen LogP contribution in [0.1, 0.15) is 0 Å². The van der Waals surface area contributed by atoms with Gasteiger partial charge in [0.15, 0.2) is 0 Å². The summed E-state index contributed by atoms with van der Waals surface area (Å²) in [4.78, 5) is 0. The molecule has 0 aromatic rings. The largest absolute Gasteiger partial charge is 0.390 e. The maximum absolute atomic E-state index is 8.90. The maximum Gasteiger partial charge on any atom is 0.0958 e. The standard InChI is InChI=1S/C6H12NO2/c1-5(8)6-4-7-2-3-9-6/h5-8H,1-4H2. The van der Waals surface area contributed by atoms with Crippen molar-refractivity contribution >= 4 is 0 Å². The molecule has 2 unspecified atom stereocenters. The Morgan fingerprint density at radius 2 is 2.56 bits per heavy atom. The van der Waals surface area contributed by atoms with Crippen LogP contribution in [0.15, 0.2) is 0 Å². The summed E-state index contributed by atoms with van der Waals surface area (Å²) in [6.45, 7) is 5.72. The van der Waals surface area contributed by atoms with Gasteiger partial charge in [-0.3, -0.25) is 0 Å². The van der Waals surface area contributed by atoms with Crippen LogP contribution in [0.2, 0.25) is 0 Å². The Kier molecular flexibility index (Phi) is 2.45. The van der Waals surface area contributed by atoms with Gasteiger partial charge in [0.05, 0.1) is 18.8 Å². The van der Waals surface area contributed by atoms with Crippen molar-refractivity contribution in [2.24, 2.45) is 0 Å². The van der Waals surface area contributed by atoms with Crippen molar-refractivity contribution < 1.29 is 9.84 Å². The number of ether oxygens (including phenoxy) is 1. The van der Waals surface area contributed by atoms with E-state index in [1.165, 1.54) is 0 Å². The number of aliphatic hydroxyl groups excluding tert-OH is 1. The van der Waals surface area contributed by atoms with Crippen LogP contribution in [-0.4, -0.2) is 37.0 Å². The number of rotatable bonds is 1. The summed E-state index contributed by atoms with van der Waals surface area (Å²) in [5.74, 6) is 0. The molecule has 0 saturated carbocycles. The molecule has 0 amide bonds. The van der Waals surface area contributed by atoms with E-state index in [0.29, 0.717) is 13.2 Å². The summed E-state index contributed by atoms with van der Waals surface area (Å²) in [5, 5.41) is 12.0. The molecule has 1 aliphatic heterocycles. The number of morpholine rings is 1. The molecule has 53 valence electrons. The van der Waals surface area contributed by atoms with E-state index in [1.54, 1.807) is 0 Å². The minimum atomic E-state index is -0.599. The average Bonchev–Trinajstić information content (AvgIpc) is 1.90. The zero-order valence-electron chi connectivity index (χ0n) is 5.34. The number of aliphatic hydroxyl groups is 1. The first-order chi connectivity index (χ1) is 4.30. The Labute approximate surface area is 55.0 Å². The Morgan fingerprint density at radius 1 is 1.78 bits per heavy atom. The van der Waals surface area contributed by atoms with E-state index in [1.807, 2.05) is 0 Å². The summed E-state index contributed by atoms with van der Waals surface area (Å²) >= 11 is 0. The monoisotopic (exact) mass is 130 g/mol. The van der Waals surface area contributed by atoms with Crippen molar-refractivity contribution in [3.8, 4) is 0 Å². The lowest BCUT2D eigenvalue weighted by Gasteiger charge is -2.25. The second-order valence-electron chi connectivity index (χ2n) is 2.18. The van der Waals surface area contributed by atoms with Gasteiger partial charge in [-0.2, -0.15) is 0 Å². The van der Waals surface area contributed by atoms with Gasteiger partial charge in [-0.05, 0) is 6.92 Å². The van der Waals surface area contributed by atoms with E-state index in [0.717, 1.165) is 6.54 Å². The Hall–Kier alpha value is -0.120. The smallest absolute Gasteiger partial charge is 0.0958 e. The molecular weight excluding hydrogens is 118 g/mol. The van der Waals surface area contributed by atoms with Crippen LogP contribution in [0.25, 0.3) is 0 Å². The third-order valence-corrected chi connectivity index (χ3v) is 1.39. The molecule has 2 atom stereocenters. The summed E-state index contributed by atoms with van der Waals surface area (Å²) in [5.41, 5.74) is 0. The van der Waals surface area contributed by atoms with E-state index >= 15 is 0 Å². The van der Waals surface area contributed by atoms with Crippen LogP contribution in [0.3, 0.4) is 0 Å². The van der Waals surface area contributed by atoms with Gasteiger partial charge in [0.2, 0.25) is 0 Å². The van der Waals surface area contributed by atoms with Crippen LogP contribution in [0.5, 0.6) is 0 Å². The molecule has 0 aromatic carbocycles. The zero-order valence-corrected chi connectivity index (χ0v) is 5.34. The SMILES string of the molecule is [CH2]C(O)C1CNCCO1. The number of hydrogen-bond acceptors (Lipinski definition) is 3. The summed E-state index contributed by atoms with van der Waals surface area (Å²) in [6, 6.07) is 0. The molecule has 1 heterocycles. The van der Waals surface area contributed by atoms with Crippen molar-refractivity contribution in [1.82, 2.24) is 5.32 Å². The van der Waals surface area contributed by atoms with E-state index in [2.05, 4.69) is 12.2 Å². The molecule has 2 N–H and O–H groups in total. The number of hydrogen-bond donors (Lipinski definition) is 2. The lowest BCUT2D eigenvalue weighted by atomic mass is 10.2. The molecule has 3 heteroatoms. The van der Waals surface area contributed by atoms with Gasteiger partial charge in [-0.1, -0.05) is 0 Å². The molecule has 0 aromatic heterocycles. The number of nitrogens with one attached hydrogen (secondary N) is 1. The molecule has 1 saturated heterocycles. The third kappa shape index (κ3) is 1.93. The van der Waals surface area contributed by atoms with Crippen molar-refractivity contribution in [3.05, 3.63) is 6.92 Å². The molecular formula is C6H12NO2. The second kappa shape index (κ2) is 3.15. The topological polar surface area (TPSA) is 41.5 Å². The van der Waals surface area contributed by atoms with Gasteiger partial charge in [-0.25, -0.2) is 0 Å². The highest BCUT2D eigenvalue weighted by atomic mass is 16.5. The summed E-state index contributed by atoms with van der Waals surface area (Å²) in [6.07, 6.45) is -0.712. The zero-order chi connectivity index (χ0) is 6.69. The molecule has 0 bridgehead atoms. The highest BCUT2D eigenvalue weighted by Gasteiger charge is 2.17. The van der Waals surface area contributed by atoms with Crippen molar-refractivity contribution in [2.75, 3.05) is 19.7 Å². The highest BCUT2D eigenvalue weighted by molar-refractivity contribution is 4.75. The molecule has 0 aliphatic carbocycles. The first-order valence-electron chi connectivity index (χ1n) is 3.14. The fourth-order valence-electron chi connectivity index (χ4n) is 0.833. The minimum absolute atomic E-state index is 0.112. The highest BCUT2D eigenvalue weighted by Crippen LogP contribution is 1.99. The molecule has 1 fully saturated rings. The predicted molar refractivity (Wildman–Crippen MR) is 34.0 cm³/mol. The predicted octanol–water partition coefficient (Wildman–Crippen LogP) is -0.830. The quantitative estimate of drug-likeness (QED) is 0.487. The van der Waals surface area contributed by atoms with E-state index in [4.69, 9.17) is 9.84 Å². The average molecular weight is 130 g/mol. The molecule has 3 nitrogen and oxygen atoms in total. The van der Waals surface area contributed by atoms with Crippen LogP contribution in [0, 0.1) is 6.92 Å². The van der Waals surface area contributed by atoms with Crippen molar-refractivity contribution in [2.45, 2.75) is 12.2 Å².